The number of carbonyl (C=O) groups excluding carboxylic acids is 1. The van der Waals surface area contributed by atoms with Crippen LogP contribution < -0.4 is 15.4 Å². The zero-order valence-electron chi connectivity index (χ0n) is 14.4. The van der Waals surface area contributed by atoms with Gasteiger partial charge in [0.25, 0.3) is 0 Å². The lowest BCUT2D eigenvalue weighted by Crippen LogP contribution is -2.22. The predicted octanol–water partition coefficient (Wildman–Crippen LogP) is 2.79. The third kappa shape index (κ3) is 4.03. The van der Waals surface area contributed by atoms with E-state index in [2.05, 4.69) is 15.7 Å². The van der Waals surface area contributed by atoms with E-state index in [0.29, 0.717) is 6.61 Å². The van der Waals surface area contributed by atoms with Gasteiger partial charge in [-0.3, -0.25) is 9.48 Å². The molecule has 0 spiro atoms. The van der Waals surface area contributed by atoms with E-state index in [4.69, 9.17) is 4.74 Å². The van der Waals surface area contributed by atoms with Crippen molar-refractivity contribution < 1.29 is 9.53 Å². The molecule has 1 amide bonds. The van der Waals surface area contributed by atoms with Crippen LogP contribution >= 0.6 is 0 Å². The zero-order valence-corrected chi connectivity index (χ0v) is 14.4. The molecule has 124 valence electrons. The van der Waals surface area contributed by atoms with Crippen LogP contribution in [0.1, 0.15) is 23.9 Å². The molecule has 2 aromatic rings. The highest BCUT2D eigenvalue weighted by Crippen LogP contribution is 2.25. The Balaban J connectivity index is 2.02. The molecule has 0 atom stereocenters. The maximum absolute atomic E-state index is 12.2. The molecule has 1 aromatic carbocycles. The fourth-order valence-corrected chi connectivity index (χ4v) is 2.36. The number of benzene rings is 1. The summed E-state index contributed by atoms with van der Waals surface area (Å²) in [5.41, 5.74) is 4.44. The van der Waals surface area contributed by atoms with Gasteiger partial charge in [0.15, 0.2) is 0 Å². The molecule has 0 aliphatic heterocycles. The number of carbonyl (C=O) groups is 1. The Labute approximate surface area is 136 Å². The molecule has 0 aliphatic rings. The number of anilines is 2. The van der Waals surface area contributed by atoms with Crippen LogP contribution in [0, 0.1) is 20.8 Å². The number of amides is 1. The van der Waals surface area contributed by atoms with Crippen molar-refractivity contribution in [3.63, 3.8) is 0 Å². The van der Waals surface area contributed by atoms with Crippen LogP contribution in [0.2, 0.25) is 0 Å². The van der Waals surface area contributed by atoms with Crippen LogP contribution in [0.3, 0.4) is 0 Å². The molecular formula is C17H24N4O2. The third-order valence-corrected chi connectivity index (χ3v) is 3.65. The van der Waals surface area contributed by atoms with Crippen LogP contribution in [-0.4, -0.2) is 28.8 Å². The number of nitrogens with one attached hydrogen (secondary N) is 2. The first-order valence-electron chi connectivity index (χ1n) is 7.69. The highest BCUT2D eigenvalue weighted by molar-refractivity contribution is 5.95. The number of hydrogen-bond acceptors (Lipinski definition) is 4. The Morgan fingerprint density at radius 1 is 1.30 bits per heavy atom. The molecule has 2 rings (SSSR count). The second-order valence-corrected chi connectivity index (χ2v) is 5.50. The van der Waals surface area contributed by atoms with Gasteiger partial charge in [0.1, 0.15) is 5.75 Å². The molecule has 6 heteroatoms. The molecule has 0 radical (unpaired) electrons. The lowest BCUT2D eigenvalue weighted by molar-refractivity contribution is -0.114. The van der Waals surface area contributed by atoms with E-state index < -0.39 is 0 Å². The van der Waals surface area contributed by atoms with Crippen LogP contribution in [0.15, 0.2) is 18.2 Å². The van der Waals surface area contributed by atoms with Gasteiger partial charge in [0.05, 0.1) is 35.9 Å². The van der Waals surface area contributed by atoms with Crippen molar-refractivity contribution in [1.29, 1.82) is 0 Å². The van der Waals surface area contributed by atoms with Crippen molar-refractivity contribution in [1.82, 2.24) is 9.78 Å². The molecule has 0 aliphatic carbocycles. The molecule has 0 bridgehead atoms. The van der Waals surface area contributed by atoms with Gasteiger partial charge in [-0.25, -0.2) is 0 Å². The summed E-state index contributed by atoms with van der Waals surface area (Å²) in [6.45, 7) is 8.49. The van der Waals surface area contributed by atoms with Crippen LogP contribution in [0.5, 0.6) is 5.75 Å². The Morgan fingerprint density at radius 2 is 2.04 bits per heavy atom. The van der Waals surface area contributed by atoms with Crippen LogP contribution in [0.25, 0.3) is 0 Å². The fourth-order valence-electron chi connectivity index (χ4n) is 2.36. The van der Waals surface area contributed by atoms with Crippen molar-refractivity contribution >= 4 is 17.3 Å². The van der Waals surface area contributed by atoms with E-state index in [1.54, 1.807) is 4.68 Å². The Bertz CT molecular complexity index is 707. The number of hydrogen-bond donors (Lipinski definition) is 2. The van der Waals surface area contributed by atoms with E-state index in [1.807, 2.05) is 52.9 Å². The van der Waals surface area contributed by atoms with Gasteiger partial charge in [0, 0.05) is 7.05 Å². The highest BCUT2D eigenvalue weighted by Gasteiger charge is 2.13. The van der Waals surface area contributed by atoms with E-state index in [0.717, 1.165) is 34.1 Å². The maximum atomic E-state index is 12.2. The number of aromatic nitrogens is 2. The van der Waals surface area contributed by atoms with Crippen molar-refractivity contribution in [2.24, 2.45) is 7.05 Å². The monoisotopic (exact) mass is 316 g/mol. The van der Waals surface area contributed by atoms with Gasteiger partial charge in [-0.15, -0.1) is 0 Å². The lowest BCUT2D eigenvalue weighted by atomic mass is 10.2. The molecule has 6 nitrogen and oxygen atoms in total. The molecule has 1 aromatic heterocycles. The van der Waals surface area contributed by atoms with E-state index in [9.17, 15) is 4.79 Å². The van der Waals surface area contributed by atoms with Crippen molar-refractivity contribution in [2.45, 2.75) is 27.7 Å². The largest absolute Gasteiger partial charge is 0.492 e. The lowest BCUT2D eigenvalue weighted by Gasteiger charge is -2.13. The Kier molecular flexibility index (Phi) is 5.26. The smallest absolute Gasteiger partial charge is 0.243 e. The van der Waals surface area contributed by atoms with Crippen LogP contribution in [0.4, 0.5) is 11.4 Å². The first kappa shape index (κ1) is 16.9. The summed E-state index contributed by atoms with van der Waals surface area (Å²) in [7, 11) is 1.86. The normalized spacial score (nSPS) is 10.5. The van der Waals surface area contributed by atoms with Crippen molar-refractivity contribution in [3.05, 3.63) is 35.2 Å². The Hall–Kier alpha value is -2.50. The van der Waals surface area contributed by atoms with Gasteiger partial charge in [-0.2, -0.15) is 5.10 Å². The number of nitrogens with zero attached hydrogens (tertiary/aromatic N) is 2. The summed E-state index contributed by atoms with van der Waals surface area (Å²) >= 11 is 0. The number of aryl methyl sites for hydroxylation is 3. The quantitative estimate of drug-likeness (QED) is 0.860. The summed E-state index contributed by atoms with van der Waals surface area (Å²) in [6.07, 6.45) is 0. The van der Waals surface area contributed by atoms with Crippen molar-refractivity contribution in [3.8, 4) is 5.75 Å². The first-order chi connectivity index (χ1) is 10.9. The second kappa shape index (κ2) is 7.17. The first-order valence-corrected chi connectivity index (χ1v) is 7.69. The third-order valence-electron chi connectivity index (χ3n) is 3.65. The molecule has 0 saturated heterocycles. The van der Waals surface area contributed by atoms with E-state index in [1.165, 1.54) is 0 Å². The standard InChI is InChI=1S/C17H24N4O2/c1-6-23-15-9-11(2)7-8-14(15)18-10-16(22)19-17-12(3)20-21(5)13(17)4/h7-9,18H,6,10H2,1-5H3,(H,19,22). The van der Waals surface area contributed by atoms with Gasteiger partial charge in [-0.1, -0.05) is 6.07 Å². The molecular weight excluding hydrogens is 292 g/mol. The molecule has 23 heavy (non-hydrogen) atoms. The Morgan fingerprint density at radius 3 is 2.65 bits per heavy atom. The highest BCUT2D eigenvalue weighted by atomic mass is 16.5. The van der Waals surface area contributed by atoms with Crippen molar-refractivity contribution in [2.75, 3.05) is 23.8 Å². The fraction of sp³-hybridized carbons (Fsp3) is 0.412. The molecule has 2 N–H and O–H groups in total. The number of rotatable bonds is 6. The minimum Gasteiger partial charge on any atom is -0.492 e. The zero-order chi connectivity index (χ0) is 17.0. The van der Waals surface area contributed by atoms with Crippen LogP contribution in [-0.2, 0) is 11.8 Å². The van der Waals surface area contributed by atoms with Gasteiger partial charge in [-0.05, 0) is 45.4 Å². The summed E-state index contributed by atoms with van der Waals surface area (Å²) in [5, 5.41) is 10.3. The minimum atomic E-state index is -0.118. The molecule has 0 fully saturated rings. The summed E-state index contributed by atoms with van der Waals surface area (Å²) in [6, 6.07) is 5.87. The summed E-state index contributed by atoms with van der Waals surface area (Å²) < 4.78 is 7.36. The van der Waals surface area contributed by atoms with E-state index >= 15 is 0 Å². The predicted molar refractivity (Wildman–Crippen MR) is 92.1 cm³/mol. The van der Waals surface area contributed by atoms with Gasteiger partial charge >= 0.3 is 0 Å². The molecule has 0 unspecified atom stereocenters. The van der Waals surface area contributed by atoms with E-state index in [-0.39, 0.29) is 12.5 Å². The molecule has 0 saturated carbocycles. The number of ether oxygens (including phenoxy) is 1. The summed E-state index contributed by atoms with van der Waals surface area (Å²) in [5.74, 6) is 0.640. The minimum absolute atomic E-state index is 0.118. The van der Waals surface area contributed by atoms with Gasteiger partial charge < -0.3 is 15.4 Å². The van der Waals surface area contributed by atoms with Gasteiger partial charge in [0.2, 0.25) is 5.91 Å². The average molecular weight is 316 g/mol. The SMILES string of the molecule is CCOc1cc(C)ccc1NCC(=O)Nc1c(C)nn(C)c1C. The summed E-state index contributed by atoms with van der Waals surface area (Å²) in [4.78, 5) is 12.2. The molecule has 1 heterocycles. The second-order valence-electron chi connectivity index (χ2n) is 5.50. The average Bonchev–Trinajstić information content (AvgIpc) is 2.73. The topological polar surface area (TPSA) is 68.2 Å². The maximum Gasteiger partial charge on any atom is 0.243 e.